The average Bonchev–Trinajstić information content (AvgIpc) is 3.18. The smallest absolute Gasteiger partial charge is 0.390 e. The lowest BCUT2D eigenvalue weighted by atomic mass is 10.1. The monoisotopic (exact) mass is 380 g/mol. The van der Waals surface area contributed by atoms with Crippen molar-refractivity contribution in [1.82, 2.24) is 20.7 Å². The molecule has 1 aromatic carbocycles. The first-order chi connectivity index (χ1) is 12.8. The summed E-state index contributed by atoms with van der Waals surface area (Å²) in [6.45, 7) is 1.19. The summed E-state index contributed by atoms with van der Waals surface area (Å²) in [6.07, 6.45) is -3.01. The number of carbonyl (C=O) groups is 2. The summed E-state index contributed by atoms with van der Waals surface area (Å²) in [5.74, 6) is -1.10. The van der Waals surface area contributed by atoms with Gasteiger partial charge in [-0.05, 0) is 24.6 Å². The molecule has 3 N–H and O–H groups in total. The first kappa shape index (κ1) is 17.4. The quantitative estimate of drug-likeness (QED) is 0.742. The van der Waals surface area contributed by atoms with Gasteiger partial charge in [-0.15, -0.1) is 5.48 Å². The number of carbonyl (C=O) groups excluding carboxylic acids is 2. The molecule has 1 aromatic heterocycles. The third-order valence-electron chi connectivity index (χ3n) is 4.45. The zero-order valence-corrected chi connectivity index (χ0v) is 13.9. The van der Waals surface area contributed by atoms with Crippen LogP contribution in [0.25, 0.3) is 10.9 Å². The van der Waals surface area contributed by atoms with Crippen LogP contribution in [0.15, 0.2) is 36.2 Å². The zero-order chi connectivity index (χ0) is 19.2. The first-order valence-corrected chi connectivity index (χ1v) is 8.27. The fourth-order valence-corrected chi connectivity index (χ4v) is 3.11. The van der Waals surface area contributed by atoms with Crippen molar-refractivity contribution in [3.05, 3.63) is 47.5 Å². The number of nitrogens with one attached hydrogen (secondary N) is 3. The van der Waals surface area contributed by atoms with Gasteiger partial charge in [0.05, 0.1) is 0 Å². The van der Waals surface area contributed by atoms with E-state index in [4.69, 9.17) is 0 Å². The van der Waals surface area contributed by atoms with Gasteiger partial charge in [0.2, 0.25) is 5.88 Å². The van der Waals surface area contributed by atoms with Crippen LogP contribution in [0.1, 0.15) is 27.3 Å². The van der Waals surface area contributed by atoms with Gasteiger partial charge in [0, 0.05) is 35.6 Å². The second-order valence-corrected chi connectivity index (χ2v) is 6.29. The van der Waals surface area contributed by atoms with Crippen LogP contribution < -0.4 is 16.1 Å². The Bertz CT molecular complexity index is 964. The summed E-state index contributed by atoms with van der Waals surface area (Å²) in [5, 5.41) is 5.91. The molecule has 27 heavy (non-hydrogen) atoms. The number of amides is 2. The number of benzene rings is 1. The van der Waals surface area contributed by atoms with Crippen molar-refractivity contribution in [3.8, 4) is 0 Å². The van der Waals surface area contributed by atoms with Crippen molar-refractivity contribution in [3.63, 3.8) is 0 Å². The highest BCUT2D eigenvalue weighted by molar-refractivity contribution is 6.02. The summed E-state index contributed by atoms with van der Waals surface area (Å²) < 4.78 is 39.7. The molecule has 0 aliphatic carbocycles. The van der Waals surface area contributed by atoms with E-state index in [0.717, 1.165) is 17.9 Å². The van der Waals surface area contributed by atoms with Gasteiger partial charge in [-0.3, -0.25) is 14.9 Å². The number of rotatable bonds is 2. The largest absolute Gasteiger partial charge is 0.410 e. The van der Waals surface area contributed by atoms with E-state index in [1.807, 2.05) is 4.57 Å². The predicted molar refractivity (Wildman–Crippen MR) is 88.5 cm³/mol. The molecule has 0 saturated carbocycles. The molecular weight excluding hydrogens is 365 g/mol. The van der Waals surface area contributed by atoms with Crippen molar-refractivity contribution < 1.29 is 27.6 Å². The molecule has 0 radical (unpaired) electrons. The van der Waals surface area contributed by atoms with Crippen molar-refractivity contribution in [1.29, 1.82) is 0 Å². The molecular formula is C17H15F3N4O3. The number of hydrogen-bond donors (Lipinski definition) is 3. The van der Waals surface area contributed by atoms with Gasteiger partial charge < -0.3 is 14.7 Å². The molecule has 4 rings (SSSR count). The van der Waals surface area contributed by atoms with Crippen LogP contribution in [0.4, 0.5) is 13.2 Å². The van der Waals surface area contributed by atoms with Gasteiger partial charge in [-0.2, -0.15) is 13.2 Å². The highest BCUT2D eigenvalue weighted by atomic mass is 19.4. The van der Waals surface area contributed by atoms with E-state index in [-0.39, 0.29) is 17.4 Å². The Kier molecular flexibility index (Phi) is 4.06. The maximum atomic E-state index is 12.6. The van der Waals surface area contributed by atoms with Crippen molar-refractivity contribution >= 4 is 22.7 Å². The zero-order valence-electron chi connectivity index (χ0n) is 13.9. The van der Waals surface area contributed by atoms with Gasteiger partial charge in [-0.25, -0.2) is 0 Å². The standard InChI is InChI=1S/C17H15F3N4O3/c18-17(19,20)13-8-14(27-23-13)22-15(25)10-3-2-9-6-12-16(26)21-4-1-5-24(12)11(9)7-10/h2-3,6-8,13,23H,1,4-5H2,(H,21,26)(H,22,25). The van der Waals surface area contributed by atoms with E-state index >= 15 is 0 Å². The van der Waals surface area contributed by atoms with E-state index in [9.17, 15) is 22.8 Å². The SMILES string of the molecule is O=C(NC1=CC(C(F)(F)F)NO1)c1ccc2cc3n(c2c1)CCCNC3=O. The molecule has 142 valence electrons. The summed E-state index contributed by atoms with van der Waals surface area (Å²) in [7, 11) is 0. The van der Waals surface area contributed by atoms with Crippen LogP contribution in [-0.2, 0) is 11.4 Å². The minimum Gasteiger partial charge on any atom is -0.390 e. The Morgan fingerprint density at radius 2 is 2.11 bits per heavy atom. The highest BCUT2D eigenvalue weighted by Crippen LogP contribution is 2.26. The van der Waals surface area contributed by atoms with Crippen LogP contribution in [0.2, 0.25) is 0 Å². The van der Waals surface area contributed by atoms with E-state index < -0.39 is 18.1 Å². The summed E-state index contributed by atoms with van der Waals surface area (Å²) in [5.41, 5.74) is 3.27. The molecule has 2 amide bonds. The lowest BCUT2D eigenvalue weighted by Gasteiger charge is -2.10. The average molecular weight is 380 g/mol. The molecule has 1 unspecified atom stereocenters. The number of hydrogen-bond acceptors (Lipinski definition) is 4. The molecule has 0 fully saturated rings. The topological polar surface area (TPSA) is 84.4 Å². The third-order valence-corrected chi connectivity index (χ3v) is 4.45. The van der Waals surface area contributed by atoms with Gasteiger partial charge in [-0.1, -0.05) is 6.07 Å². The molecule has 0 spiro atoms. The summed E-state index contributed by atoms with van der Waals surface area (Å²) in [6, 6.07) is 4.62. The second kappa shape index (κ2) is 6.31. The van der Waals surface area contributed by atoms with Crippen LogP contribution in [0.5, 0.6) is 0 Å². The Balaban J connectivity index is 1.60. The molecule has 10 heteroatoms. The minimum absolute atomic E-state index is 0.177. The third kappa shape index (κ3) is 3.23. The van der Waals surface area contributed by atoms with Gasteiger partial charge in [0.1, 0.15) is 5.69 Å². The Hall–Kier alpha value is -3.01. The van der Waals surface area contributed by atoms with Crippen LogP contribution in [-0.4, -0.2) is 35.1 Å². The molecule has 2 aliphatic rings. The molecule has 0 saturated heterocycles. The van der Waals surface area contributed by atoms with Crippen molar-refractivity contribution in [2.75, 3.05) is 6.54 Å². The van der Waals surface area contributed by atoms with E-state index in [1.54, 1.807) is 29.7 Å². The second-order valence-electron chi connectivity index (χ2n) is 6.29. The molecule has 1 atom stereocenters. The number of hydroxylamine groups is 1. The van der Waals surface area contributed by atoms with E-state index in [2.05, 4.69) is 15.5 Å². The number of fused-ring (bicyclic) bond motifs is 3. The lowest BCUT2D eigenvalue weighted by Crippen LogP contribution is -2.36. The number of halogens is 3. The van der Waals surface area contributed by atoms with Crippen molar-refractivity contribution in [2.45, 2.75) is 25.2 Å². The fraction of sp³-hybridized carbons (Fsp3) is 0.294. The number of aromatic nitrogens is 1. The Morgan fingerprint density at radius 1 is 1.30 bits per heavy atom. The lowest BCUT2D eigenvalue weighted by molar-refractivity contribution is -0.158. The van der Waals surface area contributed by atoms with Gasteiger partial charge in [0.25, 0.3) is 11.8 Å². The molecule has 0 bridgehead atoms. The highest BCUT2D eigenvalue weighted by Gasteiger charge is 2.42. The van der Waals surface area contributed by atoms with Gasteiger partial charge in [0.15, 0.2) is 6.04 Å². The summed E-state index contributed by atoms with van der Waals surface area (Å²) >= 11 is 0. The summed E-state index contributed by atoms with van der Waals surface area (Å²) in [4.78, 5) is 29.2. The number of aryl methyl sites for hydroxylation is 1. The van der Waals surface area contributed by atoms with E-state index in [0.29, 0.717) is 24.3 Å². The number of nitrogens with zero attached hydrogens (tertiary/aromatic N) is 1. The minimum atomic E-state index is -4.52. The maximum Gasteiger partial charge on any atom is 0.410 e. The molecule has 3 heterocycles. The van der Waals surface area contributed by atoms with Crippen LogP contribution >= 0.6 is 0 Å². The molecule has 2 aliphatic heterocycles. The predicted octanol–water partition coefficient (Wildman–Crippen LogP) is 1.81. The fourth-order valence-electron chi connectivity index (χ4n) is 3.11. The maximum absolute atomic E-state index is 12.6. The Morgan fingerprint density at radius 3 is 2.85 bits per heavy atom. The van der Waals surface area contributed by atoms with Crippen LogP contribution in [0, 0.1) is 0 Å². The van der Waals surface area contributed by atoms with Gasteiger partial charge >= 0.3 is 6.18 Å². The normalized spacial score (nSPS) is 19.7. The Labute approximate surface area is 151 Å². The molecule has 2 aromatic rings. The molecule has 7 nitrogen and oxygen atoms in total. The number of alkyl halides is 3. The van der Waals surface area contributed by atoms with E-state index in [1.165, 1.54) is 0 Å². The van der Waals surface area contributed by atoms with Crippen molar-refractivity contribution in [2.24, 2.45) is 0 Å². The van der Waals surface area contributed by atoms with Crippen LogP contribution in [0.3, 0.4) is 0 Å². The first-order valence-electron chi connectivity index (χ1n) is 8.27.